The second-order valence-electron chi connectivity index (χ2n) is 7.39. The number of rotatable bonds is 10. The maximum atomic E-state index is 13.0. The molecule has 3 rings (SSSR count). The van der Waals surface area contributed by atoms with E-state index in [9.17, 15) is 14.4 Å². The number of nitrogens with one attached hydrogen (secondary N) is 2. The number of hydrogen-bond acceptors (Lipinski definition) is 5. The van der Waals surface area contributed by atoms with Crippen molar-refractivity contribution in [1.82, 2.24) is 10.6 Å². The Hall–Kier alpha value is -3.75. The van der Waals surface area contributed by atoms with Crippen molar-refractivity contribution in [3.63, 3.8) is 0 Å². The number of benzene rings is 2. The Kier molecular flexibility index (Phi) is 8.12. The lowest BCUT2D eigenvalue weighted by Gasteiger charge is -2.23. The largest absolute Gasteiger partial charge is 0.387 e. The zero-order chi connectivity index (χ0) is 23.8. The minimum Gasteiger partial charge on any atom is -0.387 e. The van der Waals surface area contributed by atoms with Crippen molar-refractivity contribution < 1.29 is 19.5 Å². The molecule has 170 valence electrons. The van der Waals surface area contributed by atoms with Gasteiger partial charge in [-0.2, -0.15) is 0 Å². The van der Waals surface area contributed by atoms with Gasteiger partial charge in [-0.15, -0.1) is 11.3 Å². The molecule has 1 aromatic heterocycles. The lowest BCUT2D eigenvalue weighted by atomic mass is 9.99. The molecule has 0 unspecified atom stereocenters. The molecule has 2 atom stereocenters. The minimum absolute atomic E-state index is 0.183. The SMILES string of the molecule is C=C(c1cccs1)[C@H](NC(=O)CO)C(=O)N[C@H](Cc1ccc(-c2ccccc2)cc1)C(N)=O. The Labute approximate surface area is 195 Å². The summed E-state index contributed by atoms with van der Waals surface area (Å²) >= 11 is 1.35. The molecule has 2 aromatic carbocycles. The molecular formula is C25H25N3O4S. The van der Waals surface area contributed by atoms with Crippen LogP contribution in [0.3, 0.4) is 0 Å². The quantitative estimate of drug-likeness (QED) is 0.368. The van der Waals surface area contributed by atoms with Gasteiger partial charge in [-0.1, -0.05) is 67.2 Å². The molecule has 0 bridgehead atoms. The Balaban J connectivity index is 1.74. The standard InChI is InChI=1S/C25H25N3O4S/c1-16(21-8-5-13-33-21)23(28-22(30)15-29)25(32)27-20(24(26)31)14-17-9-11-19(12-10-17)18-6-3-2-4-7-18/h2-13,20,23,29H,1,14-15H2,(H2,26,31)(H,27,32)(H,28,30)/t20-,23+/m1/s1. The van der Waals surface area contributed by atoms with E-state index in [1.165, 1.54) is 11.3 Å². The van der Waals surface area contributed by atoms with E-state index in [0.29, 0.717) is 10.5 Å². The van der Waals surface area contributed by atoms with Crippen molar-refractivity contribution in [3.05, 3.63) is 89.1 Å². The molecule has 0 spiro atoms. The Morgan fingerprint density at radius 2 is 1.61 bits per heavy atom. The van der Waals surface area contributed by atoms with Crippen LogP contribution in [0.4, 0.5) is 0 Å². The number of aliphatic hydroxyl groups is 1. The number of thiophene rings is 1. The van der Waals surface area contributed by atoms with Gasteiger partial charge in [0.15, 0.2) is 0 Å². The summed E-state index contributed by atoms with van der Waals surface area (Å²) in [5.74, 6) is -2.08. The number of amides is 3. The minimum atomic E-state index is -1.16. The second-order valence-corrected chi connectivity index (χ2v) is 8.34. The predicted molar refractivity (Wildman–Crippen MR) is 129 cm³/mol. The summed E-state index contributed by atoms with van der Waals surface area (Å²) in [6, 6.07) is 18.9. The third-order valence-corrected chi connectivity index (χ3v) is 6.00. The van der Waals surface area contributed by atoms with E-state index in [1.807, 2.05) is 60.0 Å². The van der Waals surface area contributed by atoms with Gasteiger partial charge in [-0.3, -0.25) is 14.4 Å². The molecule has 0 aliphatic carbocycles. The molecule has 0 fully saturated rings. The average molecular weight is 464 g/mol. The van der Waals surface area contributed by atoms with E-state index in [2.05, 4.69) is 17.2 Å². The fourth-order valence-corrected chi connectivity index (χ4v) is 4.03. The van der Waals surface area contributed by atoms with E-state index >= 15 is 0 Å². The first-order valence-electron chi connectivity index (χ1n) is 10.3. The van der Waals surface area contributed by atoms with Crippen LogP contribution in [0.25, 0.3) is 16.7 Å². The van der Waals surface area contributed by atoms with E-state index in [4.69, 9.17) is 10.8 Å². The summed E-state index contributed by atoms with van der Waals surface area (Å²) in [6.45, 7) is 3.13. The fraction of sp³-hybridized carbons (Fsp3) is 0.160. The Morgan fingerprint density at radius 3 is 2.18 bits per heavy atom. The first-order valence-corrected chi connectivity index (χ1v) is 11.1. The van der Waals surface area contributed by atoms with Crippen LogP contribution in [0.2, 0.25) is 0 Å². The number of nitrogens with two attached hydrogens (primary N) is 1. The van der Waals surface area contributed by atoms with Crippen LogP contribution in [-0.2, 0) is 20.8 Å². The number of hydrogen-bond donors (Lipinski definition) is 4. The highest BCUT2D eigenvalue weighted by molar-refractivity contribution is 7.11. The van der Waals surface area contributed by atoms with Crippen LogP contribution in [0.1, 0.15) is 10.4 Å². The second kappa shape index (κ2) is 11.2. The highest BCUT2D eigenvalue weighted by Gasteiger charge is 2.28. The topological polar surface area (TPSA) is 122 Å². The zero-order valence-corrected chi connectivity index (χ0v) is 18.7. The fourth-order valence-electron chi connectivity index (χ4n) is 3.30. The van der Waals surface area contributed by atoms with Gasteiger partial charge >= 0.3 is 0 Å². The maximum absolute atomic E-state index is 13.0. The van der Waals surface area contributed by atoms with E-state index < -0.39 is 36.4 Å². The van der Waals surface area contributed by atoms with Crippen molar-refractivity contribution in [3.8, 4) is 11.1 Å². The van der Waals surface area contributed by atoms with Gasteiger partial charge < -0.3 is 21.5 Å². The van der Waals surface area contributed by atoms with Crippen molar-refractivity contribution in [2.24, 2.45) is 5.73 Å². The molecule has 7 nitrogen and oxygen atoms in total. The molecule has 0 saturated heterocycles. The van der Waals surface area contributed by atoms with Crippen LogP contribution >= 0.6 is 11.3 Å². The van der Waals surface area contributed by atoms with Crippen molar-refractivity contribution in [2.75, 3.05) is 6.61 Å². The molecule has 0 aliphatic heterocycles. The van der Waals surface area contributed by atoms with Gasteiger partial charge in [0.25, 0.3) is 0 Å². The first-order chi connectivity index (χ1) is 15.9. The average Bonchev–Trinajstić information content (AvgIpc) is 3.37. The summed E-state index contributed by atoms with van der Waals surface area (Å²) in [7, 11) is 0. The van der Waals surface area contributed by atoms with Gasteiger partial charge in [-0.05, 0) is 33.7 Å². The number of carbonyl (C=O) groups excluding carboxylic acids is 3. The lowest BCUT2D eigenvalue weighted by molar-refractivity contribution is -0.131. The summed E-state index contributed by atoms with van der Waals surface area (Å²) in [4.78, 5) is 37.6. The van der Waals surface area contributed by atoms with Crippen molar-refractivity contribution in [2.45, 2.75) is 18.5 Å². The zero-order valence-electron chi connectivity index (χ0n) is 17.9. The van der Waals surface area contributed by atoms with E-state index in [0.717, 1.165) is 16.7 Å². The van der Waals surface area contributed by atoms with Crippen LogP contribution in [0, 0.1) is 0 Å². The smallest absolute Gasteiger partial charge is 0.247 e. The van der Waals surface area contributed by atoms with E-state index in [1.54, 1.807) is 12.1 Å². The van der Waals surface area contributed by atoms with Crippen LogP contribution < -0.4 is 16.4 Å². The molecule has 8 heteroatoms. The van der Waals surface area contributed by atoms with E-state index in [-0.39, 0.29) is 6.42 Å². The highest BCUT2D eigenvalue weighted by atomic mass is 32.1. The molecule has 5 N–H and O–H groups in total. The molecule has 0 aliphatic rings. The summed E-state index contributed by atoms with van der Waals surface area (Å²) < 4.78 is 0. The molecule has 3 amide bonds. The lowest BCUT2D eigenvalue weighted by Crippen LogP contribution is -2.54. The molecule has 1 heterocycles. The number of primary amides is 1. The molecular weight excluding hydrogens is 438 g/mol. The third-order valence-electron chi connectivity index (χ3n) is 5.06. The van der Waals surface area contributed by atoms with Crippen LogP contribution in [0.5, 0.6) is 0 Å². The molecule has 0 saturated carbocycles. The van der Waals surface area contributed by atoms with Gasteiger partial charge in [0, 0.05) is 11.3 Å². The van der Waals surface area contributed by atoms with Crippen LogP contribution in [0.15, 0.2) is 78.7 Å². The van der Waals surface area contributed by atoms with Crippen molar-refractivity contribution in [1.29, 1.82) is 0 Å². The van der Waals surface area contributed by atoms with Gasteiger partial charge in [0.1, 0.15) is 18.7 Å². The summed E-state index contributed by atoms with van der Waals surface area (Å²) in [6.07, 6.45) is 0.183. The van der Waals surface area contributed by atoms with Gasteiger partial charge in [0.2, 0.25) is 17.7 Å². The summed E-state index contributed by atoms with van der Waals surface area (Å²) in [5, 5.41) is 16.0. The van der Waals surface area contributed by atoms with Gasteiger partial charge in [0.05, 0.1) is 0 Å². The molecule has 0 radical (unpaired) electrons. The maximum Gasteiger partial charge on any atom is 0.247 e. The Bertz CT molecular complexity index is 1110. The van der Waals surface area contributed by atoms with Crippen LogP contribution in [-0.4, -0.2) is 41.5 Å². The number of aliphatic hydroxyl groups excluding tert-OH is 1. The molecule has 33 heavy (non-hydrogen) atoms. The highest BCUT2D eigenvalue weighted by Crippen LogP contribution is 2.23. The monoisotopic (exact) mass is 463 g/mol. The third kappa shape index (κ3) is 6.38. The summed E-state index contributed by atoms with van der Waals surface area (Å²) in [5.41, 5.74) is 8.80. The Morgan fingerprint density at radius 1 is 0.939 bits per heavy atom. The molecule has 3 aromatic rings. The number of carbonyl (C=O) groups is 3. The van der Waals surface area contributed by atoms with Crippen molar-refractivity contribution >= 4 is 34.6 Å². The normalized spacial score (nSPS) is 12.4. The first kappa shape index (κ1) is 23.9. The predicted octanol–water partition coefficient (Wildman–Crippen LogP) is 2.12. The van der Waals surface area contributed by atoms with Gasteiger partial charge in [-0.25, -0.2) is 0 Å².